The molecule has 0 spiro atoms. The van der Waals surface area contributed by atoms with Gasteiger partial charge < -0.3 is 15.4 Å². The van der Waals surface area contributed by atoms with Crippen LogP contribution >= 0.6 is 0 Å². The number of fused-ring (bicyclic) bond motifs is 1. The molecular weight excluding hydrogens is 356 g/mol. The van der Waals surface area contributed by atoms with E-state index >= 15 is 0 Å². The Kier molecular flexibility index (Phi) is 5.49. The van der Waals surface area contributed by atoms with Crippen LogP contribution in [-0.2, 0) is 0 Å². The van der Waals surface area contributed by atoms with Gasteiger partial charge in [-0.3, -0.25) is 4.40 Å². The van der Waals surface area contributed by atoms with Gasteiger partial charge in [0.05, 0.1) is 6.04 Å². The molecule has 9 heteroatoms. The lowest BCUT2D eigenvalue weighted by molar-refractivity contribution is -0.0498. The molecule has 3 aromatic rings. The first kappa shape index (κ1) is 18.6. The number of alkyl halides is 2. The molecule has 7 nitrogen and oxygen atoms in total. The number of hydrogen-bond donors (Lipinski definition) is 2. The van der Waals surface area contributed by atoms with Gasteiger partial charge in [0, 0.05) is 11.9 Å². The number of nitrogens with zero attached hydrogens (tertiary/aromatic N) is 3. The number of nitrogens with one attached hydrogen (secondary N) is 2. The molecule has 0 aliphatic heterocycles. The molecule has 3 rings (SSSR count). The number of anilines is 1. The Morgan fingerprint density at radius 1 is 1.11 bits per heavy atom. The van der Waals surface area contributed by atoms with E-state index in [2.05, 4.69) is 25.6 Å². The first-order valence-corrected chi connectivity index (χ1v) is 8.36. The fraction of sp³-hybridized carbons (Fsp3) is 0.278. The lowest BCUT2D eigenvalue weighted by Gasteiger charge is -2.21. The number of aromatic nitrogens is 3. The highest BCUT2D eigenvalue weighted by Crippen LogP contribution is 2.22. The predicted molar refractivity (Wildman–Crippen MR) is 95.8 cm³/mol. The van der Waals surface area contributed by atoms with Crippen LogP contribution in [0.4, 0.5) is 19.3 Å². The Morgan fingerprint density at radius 2 is 1.85 bits per heavy atom. The largest absolute Gasteiger partial charge is 0.435 e. The summed E-state index contributed by atoms with van der Waals surface area (Å²) in [5.74, 6) is 0.701. The standard InChI is InChI=1S/C18H19F2N5O2/c1-11(2)15(16-24-23-14-5-3-4-10-25(14)16)22-18(26)21-12-6-8-13(9-7-12)27-17(19)20/h3-11,15,17H,1-2H3,(H2,21,22,26)/t15-/m1/s1. The summed E-state index contributed by atoms with van der Waals surface area (Å²) in [4.78, 5) is 12.4. The van der Waals surface area contributed by atoms with Gasteiger partial charge in [0.2, 0.25) is 0 Å². The molecule has 0 fully saturated rings. The zero-order chi connectivity index (χ0) is 19.4. The summed E-state index contributed by atoms with van der Waals surface area (Å²) in [5, 5.41) is 13.9. The van der Waals surface area contributed by atoms with Crippen LogP contribution in [0.25, 0.3) is 5.65 Å². The van der Waals surface area contributed by atoms with Crippen molar-refractivity contribution in [2.45, 2.75) is 26.5 Å². The lowest BCUT2D eigenvalue weighted by atomic mass is 10.0. The third-order valence-corrected chi connectivity index (χ3v) is 3.91. The molecule has 0 radical (unpaired) electrons. The smallest absolute Gasteiger partial charge is 0.387 e. The van der Waals surface area contributed by atoms with Crippen LogP contribution in [0.2, 0.25) is 0 Å². The highest BCUT2D eigenvalue weighted by Gasteiger charge is 2.23. The lowest BCUT2D eigenvalue weighted by Crippen LogP contribution is -2.36. The topological polar surface area (TPSA) is 80.5 Å². The molecule has 1 atom stereocenters. The Morgan fingerprint density at radius 3 is 2.52 bits per heavy atom. The molecule has 2 N–H and O–H groups in total. The van der Waals surface area contributed by atoms with Crippen molar-refractivity contribution in [3.63, 3.8) is 0 Å². The molecule has 1 aromatic carbocycles. The fourth-order valence-corrected chi connectivity index (χ4v) is 2.63. The molecule has 0 saturated carbocycles. The van der Waals surface area contributed by atoms with Crippen LogP contribution in [-0.4, -0.2) is 27.2 Å². The van der Waals surface area contributed by atoms with E-state index in [1.54, 1.807) is 0 Å². The molecule has 0 aliphatic rings. The number of pyridine rings is 1. The van der Waals surface area contributed by atoms with E-state index in [0.29, 0.717) is 17.2 Å². The van der Waals surface area contributed by atoms with Crippen molar-refractivity contribution >= 4 is 17.4 Å². The summed E-state index contributed by atoms with van der Waals surface area (Å²) < 4.78 is 30.5. The summed E-state index contributed by atoms with van der Waals surface area (Å²) >= 11 is 0. The fourth-order valence-electron chi connectivity index (χ4n) is 2.63. The highest BCUT2D eigenvalue weighted by molar-refractivity contribution is 5.89. The zero-order valence-corrected chi connectivity index (χ0v) is 14.8. The van der Waals surface area contributed by atoms with Gasteiger partial charge in [-0.05, 0) is 42.3 Å². The van der Waals surface area contributed by atoms with Crippen molar-refractivity contribution in [1.29, 1.82) is 0 Å². The average molecular weight is 375 g/mol. The third-order valence-electron chi connectivity index (χ3n) is 3.91. The summed E-state index contributed by atoms with van der Waals surface area (Å²) in [5.41, 5.74) is 1.14. The minimum atomic E-state index is -2.89. The summed E-state index contributed by atoms with van der Waals surface area (Å²) in [6, 6.07) is 10.4. The van der Waals surface area contributed by atoms with Gasteiger partial charge in [-0.15, -0.1) is 10.2 Å². The predicted octanol–water partition coefficient (Wildman–Crippen LogP) is 3.85. The summed E-state index contributed by atoms with van der Waals surface area (Å²) in [6.45, 7) is 1.04. The van der Waals surface area contributed by atoms with Gasteiger partial charge in [0.25, 0.3) is 0 Å². The second kappa shape index (κ2) is 7.98. The van der Waals surface area contributed by atoms with E-state index in [-0.39, 0.29) is 17.7 Å². The number of rotatable bonds is 6. The number of amides is 2. The van der Waals surface area contributed by atoms with E-state index in [0.717, 1.165) is 0 Å². The number of halogens is 2. The molecule has 0 saturated heterocycles. The molecule has 0 bridgehead atoms. The first-order chi connectivity index (χ1) is 12.9. The van der Waals surface area contributed by atoms with E-state index in [4.69, 9.17) is 0 Å². The summed E-state index contributed by atoms with van der Waals surface area (Å²) in [6.07, 6.45) is 1.83. The first-order valence-electron chi connectivity index (χ1n) is 8.36. The monoisotopic (exact) mass is 375 g/mol. The van der Waals surface area contributed by atoms with Gasteiger partial charge in [-0.2, -0.15) is 8.78 Å². The minimum absolute atomic E-state index is 0.0194. The van der Waals surface area contributed by atoms with Crippen molar-refractivity contribution in [3.05, 3.63) is 54.5 Å². The maximum Gasteiger partial charge on any atom is 0.387 e. The van der Waals surface area contributed by atoms with Crippen molar-refractivity contribution in [3.8, 4) is 5.75 Å². The maximum atomic E-state index is 12.4. The average Bonchev–Trinajstić information content (AvgIpc) is 3.04. The minimum Gasteiger partial charge on any atom is -0.435 e. The van der Waals surface area contributed by atoms with Crippen LogP contribution in [0.1, 0.15) is 25.7 Å². The maximum absolute atomic E-state index is 12.4. The number of carbonyl (C=O) groups is 1. The second-order valence-electron chi connectivity index (χ2n) is 6.21. The van der Waals surface area contributed by atoms with Gasteiger partial charge >= 0.3 is 12.6 Å². The SMILES string of the molecule is CC(C)[C@@H](NC(=O)Nc1ccc(OC(F)F)cc1)c1nnc2ccccn12. The van der Waals surface area contributed by atoms with E-state index in [9.17, 15) is 13.6 Å². The molecule has 0 unspecified atom stereocenters. The van der Waals surface area contributed by atoms with Gasteiger partial charge in [-0.1, -0.05) is 19.9 Å². The van der Waals surface area contributed by atoms with Crippen LogP contribution < -0.4 is 15.4 Å². The molecule has 2 heterocycles. The molecule has 142 valence electrons. The third kappa shape index (κ3) is 4.49. The van der Waals surface area contributed by atoms with Gasteiger partial charge in [-0.25, -0.2) is 4.79 Å². The van der Waals surface area contributed by atoms with Crippen LogP contribution in [0.5, 0.6) is 5.75 Å². The Bertz CT molecular complexity index is 912. The second-order valence-corrected chi connectivity index (χ2v) is 6.21. The Balaban J connectivity index is 1.70. The van der Waals surface area contributed by atoms with Crippen LogP contribution in [0, 0.1) is 5.92 Å². The highest BCUT2D eigenvalue weighted by atomic mass is 19.3. The number of carbonyl (C=O) groups excluding carboxylic acids is 1. The van der Waals surface area contributed by atoms with E-state index < -0.39 is 12.6 Å². The number of hydrogen-bond acceptors (Lipinski definition) is 4. The molecular formula is C18H19F2N5O2. The number of urea groups is 1. The normalized spacial score (nSPS) is 12.4. The van der Waals surface area contributed by atoms with E-state index in [1.807, 2.05) is 42.6 Å². The van der Waals surface area contributed by atoms with Crippen LogP contribution in [0.15, 0.2) is 48.7 Å². The Labute approximate surface area is 154 Å². The quantitative estimate of drug-likeness (QED) is 0.686. The van der Waals surface area contributed by atoms with Gasteiger partial charge in [0.15, 0.2) is 11.5 Å². The summed E-state index contributed by atoms with van der Waals surface area (Å²) in [7, 11) is 0. The molecule has 0 aliphatic carbocycles. The van der Waals surface area contributed by atoms with Gasteiger partial charge in [0.1, 0.15) is 5.75 Å². The Hall–Kier alpha value is -3.23. The molecule has 27 heavy (non-hydrogen) atoms. The zero-order valence-electron chi connectivity index (χ0n) is 14.8. The van der Waals surface area contributed by atoms with Crippen molar-refractivity contribution in [1.82, 2.24) is 19.9 Å². The molecule has 2 aromatic heterocycles. The molecule has 2 amide bonds. The number of ether oxygens (including phenoxy) is 1. The van der Waals surface area contributed by atoms with Crippen molar-refractivity contribution in [2.75, 3.05) is 5.32 Å². The van der Waals surface area contributed by atoms with E-state index in [1.165, 1.54) is 24.3 Å². The van der Waals surface area contributed by atoms with Crippen molar-refractivity contribution < 1.29 is 18.3 Å². The van der Waals surface area contributed by atoms with Crippen LogP contribution in [0.3, 0.4) is 0 Å². The number of benzene rings is 1. The van der Waals surface area contributed by atoms with Crippen molar-refractivity contribution in [2.24, 2.45) is 5.92 Å².